The summed E-state index contributed by atoms with van der Waals surface area (Å²) in [5.74, 6) is -0.308. The van der Waals surface area contributed by atoms with Crippen LogP contribution in [0.5, 0.6) is 0 Å². The summed E-state index contributed by atoms with van der Waals surface area (Å²) in [5, 5.41) is 16.7. The number of nitrogens with two attached hydrogens (primary N) is 1. The number of nitriles is 2. The lowest BCUT2D eigenvalue weighted by Crippen LogP contribution is -2.10. The molecule has 1 aromatic heterocycles. The fraction of sp³-hybridized carbons (Fsp3) is 0.143. The van der Waals surface area contributed by atoms with Gasteiger partial charge in [-0.25, -0.2) is 18.4 Å². The molecule has 76 valence electrons. The first kappa shape index (κ1) is 10.9. The first-order valence-corrected chi connectivity index (χ1v) is 5.47. The van der Waals surface area contributed by atoms with Gasteiger partial charge in [-0.2, -0.15) is 10.5 Å². The van der Waals surface area contributed by atoms with Crippen molar-refractivity contribution in [3.8, 4) is 12.1 Å². The first-order valence-electron chi connectivity index (χ1n) is 3.58. The van der Waals surface area contributed by atoms with E-state index in [9.17, 15) is 8.42 Å². The van der Waals surface area contributed by atoms with Crippen LogP contribution in [0.4, 0.5) is 5.82 Å². The Morgan fingerprint density at radius 2 is 1.73 bits per heavy atom. The lowest BCUT2D eigenvalue weighted by atomic mass is 10.4. The molecule has 2 N–H and O–H groups in total. The maximum atomic E-state index is 11.2. The number of anilines is 1. The van der Waals surface area contributed by atoms with Gasteiger partial charge >= 0.3 is 0 Å². The van der Waals surface area contributed by atoms with Gasteiger partial charge in [0, 0.05) is 6.26 Å². The van der Waals surface area contributed by atoms with Crippen LogP contribution >= 0.6 is 0 Å². The summed E-state index contributed by atoms with van der Waals surface area (Å²) in [5.41, 5.74) is 4.59. The number of sulfone groups is 1. The molecule has 0 saturated carbocycles. The van der Waals surface area contributed by atoms with Crippen molar-refractivity contribution in [1.82, 2.24) is 9.97 Å². The van der Waals surface area contributed by atoms with E-state index in [1.807, 2.05) is 0 Å². The zero-order valence-electron chi connectivity index (χ0n) is 7.59. The van der Waals surface area contributed by atoms with Crippen LogP contribution in [0.15, 0.2) is 5.03 Å². The highest BCUT2D eigenvalue weighted by Crippen LogP contribution is 2.14. The molecule has 0 aliphatic rings. The zero-order chi connectivity index (χ0) is 11.6. The molecule has 0 aliphatic heterocycles. The molecule has 0 bridgehead atoms. The van der Waals surface area contributed by atoms with Crippen molar-refractivity contribution in [2.45, 2.75) is 5.03 Å². The Morgan fingerprint density at radius 3 is 2.13 bits per heavy atom. The van der Waals surface area contributed by atoms with Gasteiger partial charge in [-0.1, -0.05) is 0 Å². The number of nitrogen functional groups attached to an aromatic ring is 1. The third kappa shape index (κ3) is 2.00. The van der Waals surface area contributed by atoms with E-state index in [-0.39, 0.29) is 11.5 Å². The molecule has 0 aliphatic carbocycles. The van der Waals surface area contributed by atoms with Crippen LogP contribution in [0.25, 0.3) is 0 Å². The van der Waals surface area contributed by atoms with Gasteiger partial charge in [0.2, 0.25) is 0 Å². The normalized spacial score (nSPS) is 10.3. The molecule has 8 heteroatoms. The van der Waals surface area contributed by atoms with Gasteiger partial charge in [-0.15, -0.1) is 0 Å². The standard InChI is InChI=1S/C7H5N5O2S/c1-15(13,14)7-5(3-9)11-4(2-8)6(10)12-7/h1H3,(H2,10,12). The molecule has 0 aromatic carbocycles. The summed E-state index contributed by atoms with van der Waals surface area (Å²) >= 11 is 0. The minimum atomic E-state index is -3.68. The Morgan fingerprint density at radius 1 is 1.20 bits per heavy atom. The van der Waals surface area contributed by atoms with Crippen molar-refractivity contribution in [3.63, 3.8) is 0 Å². The zero-order valence-corrected chi connectivity index (χ0v) is 8.41. The highest BCUT2D eigenvalue weighted by atomic mass is 32.2. The maximum Gasteiger partial charge on any atom is 0.195 e. The SMILES string of the molecule is CS(=O)(=O)c1nc(N)c(C#N)nc1C#N. The molecule has 0 unspecified atom stereocenters. The van der Waals surface area contributed by atoms with E-state index >= 15 is 0 Å². The van der Waals surface area contributed by atoms with Gasteiger partial charge < -0.3 is 5.73 Å². The second-order valence-corrected chi connectivity index (χ2v) is 4.54. The largest absolute Gasteiger partial charge is 0.381 e. The highest BCUT2D eigenvalue weighted by Gasteiger charge is 2.19. The minimum absolute atomic E-state index is 0.265. The average Bonchev–Trinajstić information content (AvgIpc) is 2.16. The first-order chi connectivity index (χ1) is 6.90. The number of rotatable bonds is 1. The predicted molar refractivity (Wildman–Crippen MR) is 49.0 cm³/mol. The fourth-order valence-corrected chi connectivity index (χ4v) is 1.55. The molecule has 7 nitrogen and oxygen atoms in total. The monoisotopic (exact) mass is 223 g/mol. The van der Waals surface area contributed by atoms with Gasteiger partial charge in [-0.05, 0) is 0 Å². The fourth-order valence-electron chi connectivity index (χ4n) is 0.846. The van der Waals surface area contributed by atoms with Crippen molar-refractivity contribution < 1.29 is 8.42 Å². The van der Waals surface area contributed by atoms with Crippen molar-refractivity contribution in [3.05, 3.63) is 11.4 Å². The van der Waals surface area contributed by atoms with Gasteiger partial charge in [0.05, 0.1) is 0 Å². The van der Waals surface area contributed by atoms with Crippen LogP contribution < -0.4 is 5.73 Å². The van der Waals surface area contributed by atoms with E-state index in [4.69, 9.17) is 16.3 Å². The molecule has 0 radical (unpaired) electrons. The Labute approximate surface area is 85.7 Å². The Kier molecular flexibility index (Phi) is 2.55. The lowest BCUT2D eigenvalue weighted by molar-refractivity contribution is 0.597. The summed E-state index contributed by atoms with van der Waals surface area (Å²) in [4.78, 5) is 6.96. The molecule has 1 heterocycles. The maximum absolute atomic E-state index is 11.2. The summed E-state index contributed by atoms with van der Waals surface area (Å²) in [6.45, 7) is 0. The van der Waals surface area contributed by atoms with Crippen LogP contribution in [-0.2, 0) is 9.84 Å². The lowest BCUT2D eigenvalue weighted by Gasteiger charge is -2.01. The van der Waals surface area contributed by atoms with Gasteiger partial charge in [-0.3, -0.25) is 0 Å². The number of hydrogen-bond acceptors (Lipinski definition) is 7. The van der Waals surface area contributed by atoms with E-state index in [0.29, 0.717) is 0 Å². The van der Waals surface area contributed by atoms with Crippen LogP contribution in [0.2, 0.25) is 0 Å². The van der Waals surface area contributed by atoms with Crippen molar-refractivity contribution in [1.29, 1.82) is 10.5 Å². The number of nitrogens with zero attached hydrogens (tertiary/aromatic N) is 4. The molecular formula is C7H5N5O2S. The molecule has 15 heavy (non-hydrogen) atoms. The molecule has 0 saturated heterocycles. The Bertz CT molecular complexity index is 593. The van der Waals surface area contributed by atoms with Gasteiger partial charge in [0.1, 0.15) is 12.1 Å². The highest BCUT2D eigenvalue weighted by molar-refractivity contribution is 7.90. The Hall–Kier alpha value is -2.19. The van der Waals surface area contributed by atoms with Crippen LogP contribution in [0, 0.1) is 22.7 Å². The average molecular weight is 223 g/mol. The molecular weight excluding hydrogens is 218 g/mol. The van der Waals surface area contributed by atoms with Crippen molar-refractivity contribution >= 4 is 15.7 Å². The topological polar surface area (TPSA) is 134 Å². The van der Waals surface area contributed by atoms with E-state index in [1.54, 1.807) is 12.1 Å². The number of aromatic nitrogens is 2. The van der Waals surface area contributed by atoms with E-state index in [1.165, 1.54) is 0 Å². The third-order valence-corrected chi connectivity index (χ3v) is 2.44. The summed E-state index contributed by atoms with van der Waals surface area (Å²) in [6, 6.07) is 3.15. The second-order valence-electron chi connectivity index (χ2n) is 2.61. The van der Waals surface area contributed by atoms with Gasteiger partial charge in [0.15, 0.2) is 32.1 Å². The molecule has 0 spiro atoms. The van der Waals surface area contributed by atoms with Crippen molar-refractivity contribution in [2.24, 2.45) is 0 Å². The molecule has 0 fully saturated rings. The Balaban J connectivity index is 3.67. The minimum Gasteiger partial charge on any atom is -0.381 e. The third-order valence-electron chi connectivity index (χ3n) is 1.45. The molecule has 0 atom stereocenters. The van der Waals surface area contributed by atoms with Crippen LogP contribution in [-0.4, -0.2) is 24.6 Å². The predicted octanol–water partition coefficient (Wildman–Crippen LogP) is -0.794. The summed E-state index contributed by atoms with van der Waals surface area (Å²) in [7, 11) is -3.68. The second kappa shape index (κ2) is 3.52. The molecule has 1 aromatic rings. The van der Waals surface area contributed by atoms with Crippen LogP contribution in [0.1, 0.15) is 11.4 Å². The number of hydrogen-bond donors (Lipinski definition) is 1. The van der Waals surface area contributed by atoms with E-state index in [2.05, 4.69) is 9.97 Å². The molecule has 0 amide bonds. The van der Waals surface area contributed by atoms with Crippen molar-refractivity contribution in [2.75, 3.05) is 12.0 Å². The smallest absolute Gasteiger partial charge is 0.195 e. The quantitative estimate of drug-likeness (QED) is 0.658. The van der Waals surface area contributed by atoms with E-state index < -0.39 is 20.6 Å². The van der Waals surface area contributed by atoms with Crippen LogP contribution in [0.3, 0.4) is 0 Å². The molecule has 1 rings (SSSR count). The summed E-state index contributed by atoms with van der Waals surface area (Å²) in [6.07, 6.45) is 0.878. The van der Waals surface area contributed by atoms with E-state index in [0.717, 1.165) is 6.26 Å². The van der Waals surface area contributed by atoms with Gasteiger partial charge in [0.25, 0.3) is 0 Å². The summed E-state index contributed by atoms with van der Waals surface area (Å²) < 4.78 is 22.3.